The molecule has 0 saturated heterocycles. The van der Waals surface area contributed by atoms with Crippen molar-refractivity contribution in [1.29, 1.82) is 0 Å². The molecule has 0 saturated carbocycles. The van der Waals surface area contributed by atoms with Crippen LogP contribution in [0.3, 0.4) is 0 Å². The summed E-state index contributed by atoms with van der Waals surface area (Å²) in [6, 6.07) is 6.11. The maximum atomic E-state index is 13.5. The largest absolute Gasteiger partial charge is 0.360 e. The van der Waals surface area contributed by atoms with Gasteiger partial charge in [0.2, 0.25) is 10.0 Å². The van der Waals surface area contributed by atoms with Crippen LogP contribution in [0, 0.1) is 5.82 Å². The van der Waals surface area contributed by atoms with Crippen LogP contribution >= 0.6 is 11.6 Å². The average Bonchev–Trinajstić information content (AvgIpc) is 3.26. The summed E-state index contributed by atoms with van der Waals surface area (Å²) in [7, 11) is -3.88. The molecule has 8 heteroatoms. The summed E-state index contributed by atoms with van der Waals surface area (Å²) >= 11 is 5.63. The second-order valence-corrected chi connectivity index (χ2v) is 9.57. The van der Waals surface area contributed by atoms with Gasteiger partial charge in [-0.3, -0.25) is 0 Å². The van der Waals surface area contributed by atoms with Crippen LogP contribution in [0.5, 0.6) is 0 Å². The Bertz CT molecular complexity index is 994. The fraction of sp³-hybridized carbons (Fsp3) is 0.400. The molecule has 0 spiro atoms. The Morgan fingerprint density at radius 1 is 1.07 bits per heavy atom. The number of halogens is 2. The van der Waals surface area contributed by atoms with Crippen molar-refractivity contribution in [2.45, 2.75) is 50.6 Å². The zero-order chi connectivity index (χ0) is 19.9. The van der Waals surface area contributed by atoms with E-state index in [0.29, 0.717) is 0 Å². The number of aliphatic hydroxyl groups is 1. The molecule has 0 bridgehead atoms. The minimum absolute atomic E-state index is 0.0670. The molecule has 28 heavy (non-hydrogen) atoms. The third-order valence-electron chi connectivity index (χ3n) is 5.39. The number of anilines is 1. The summed E-state index contributed by atoms with van der Waals surface area (Å²) < 4.78 is 40.6. The Balaban J connectivity index is 1.50. The molecule has 1 atom stereocenters. The van der Waals surface area contributed by atoms with Crippen molar-refractivity contribution in [3.63, 3.8) is 0 Å². The number of nitrogens with one attached hydrogen (secondary N) is 2. The Morgan fingerprint density at radius 3 is 2.32 bits per heavy atom. The first-order valence-electron chi connectivity index (χ1n) is 9.37. The maximum Gasteiger partial charge on any atom is 0.219 e. The Kier molecular flexibility index (Phi) is 5.35. The molecule has 3 N–H and O–H groups in total. The van der Waals surface area contributed by atoms with Gasteiger partial charge in [-0.2, -0.15) is 4.72 Å². The Morgan fingerprint density at radius 2 is 1.71 bits per heavy atom. The Hall–Kier alpha value is -1.67. The first-order chi connectivity index (χ1) is 13.3. The molecule has 2 aliphatic rings. The number of benzene rings is 2. The van der Waals surface area contributed by atoms with Crippen LogP contribution in [-0.2, 0) is 41.5 Å². The monoisotopic (exact) mass is 424 g/mol. The minimum Gasteiger partial charge on any atom is -0.360 e. The van der Waals surface area contributed by atoms with Gasteiger partial charge in [-0.15, -0.1) is 0 Å². The fourth-order valence-corrected chi connectivity index (χ4v) is 5.44. The van der Waals surface area contributed by atoms with Crippen molar-refractivity contribution < 1.29 is 17.9 Å². The van der Waals surface area contributed by atoms with Crippen LogP contribution in [0.25, 0.3) is 0 Å². The Labute approximate surface area is 169 Å². The standard InChI is InChI=1S/C20H22ClFN2O3S/c21-17-8-7-12(9-18(17)22)11-28(26,27)24-20(25)23-19-15-5-1-3-13(15)10-14-4-2-6-16(14)19/h7-10,20,23-25H,1-6,11H2. The maximum absolute atomic E-state index is 13.5. The van der Waals surface area contributed by atoms with Crippen molar-refractivity contribution in [2.75, 3.05) is 5.32 Å². The zero-order valence-corrected chi connectivity index (χ0v) is 16.8. The molecule has 0 heterocycles. The third-order valence-corrected chi connectivity index (χ3v) is 6.99. The van der Waals surface area contributed by atoms with Gasteiger partial charge in [0.05, 0.1) is 10.8 Å². The zero-order valence-electron chi connectivity index (χ0n) is 15.3. The molecule has 150 valence electrons. The van der Waals surface area contributed by atoms with Crippen LogP contribution in [0.4, 0.5) is 10.1 Å². The fourth-order valence-electron chi connectivity index (χ4n) is 4.22. The van der Waals surface area contributed by atoms with E-state index in [1.54, 1.807) is 0 Å². The smallest absolute Gasteiger partial charge is 0.219 e. The van der Waals surface area contributed by atoms with Gasteiger partial charge >= 0.3 is 0 Å². The summed E-state index contributed by atoms with van der Waals surface area (Å²) in [5.74, 6) is -1.13. The van der Waals surface area contributed by atoms with E-state index in [0.717, 1.165) is 50.3 Å². The summed E-state index contributed by atoms with van der Waals surface area (Å²) in [5.41, 5.74) is 6.06. The van der Waals surface area contributed by atoms with Crippen molar-refractivity contribution in [1.82, 2.24) is 4.72 Å². The first kappa shape index (κ1) is 19.6. The van der Waals surface area contributed by atoms with E-state index in [2.05, 4.69) is 16.1 Å². The number of fused-ring (bicyclic) bond motifs is 2. The van der Waals surface area contributed by atoms with Gasteiger partial charge in [-0.25, -0.2) is 12.8 Å². The average molecular weight is 425 g/mol. The molecule has 5 nitrogen and oxygen atoms in total. The highest BCUT2D eigenvalue weighted by atomic mass is 35.5. The van der Waals surface area contributed by atoms with Gasteiger partial charge in [-0.1, -0.05) is 23.7 Å². The van der Waals surface area contributed by atoms with Crippen molar-refractivity contribution in [3.8, 4) is 0 Å². The van der Waals surface area contributed by atoms with Crippen molar-refractivity contribution >= 4 is 27.3 Å². The van der Waals surface area contributed by atoms with E-state index in [1.165, 1.54) is 34.4 Å². The molecule has 0 aliphatic heterocycles. The van der Waals surface area contributed by atoms with Crippen molar-refractivity contribution in [3.05, 3.63) is 62.9 Å². The predicted octanol–water partition coefficient (Wildman–Crippen LogP) is 3.26. The molecule has 2 aromatic rings. The molecule has 0 aromatic heterocycles. The van der Waals surface area contributed by atoms with Crippen LogP contribution in [0.1, 0.15) is 40.7 Å². The van der Waals surface area contributed by atoms with E-state index >= 15 is 0 Å². The summed E-state index contributed by atoms with van der Waals surface area (Å²) in [6.07, 6.45) is 4.55. The number of aryl methyl sites for hydroxylation is 2. The molecule has 2 aromatic carbocycles. The van der Waals surface area contributed by atoms with Gasteiger partial charge < -0.3 is 10.4 Å². The molecule has 2 aliphatic carbocycles. The van der Waals surface area contributed by atoms with Crippen molar-refractivity contribution in [2.24, 2.45) is 0 Å². The van der Waals surface area contributed by atoms with E-state index in [-0.39, 0.29) is 10.6 Å². The molecule has 1 unspecified atom stereocenters. The first-order valence-corrected chi connectivity index (χ1v) is 11.4. The summed E-state index contributed by atoms with van der Waals surface area (Å²) in [6.45, 7) is 0. The highest BCUT2D eigenvalue weighted by molar-refractivity contribution is 7.88. The van der Waals surface area contributed by atoms with Crippen LogP contribution in [-0.4, -0.2) is 19.9 Å². The van der Waals surface area contributed by atoms with E-state index in [9.17, 15) is 17.9 Å². The topological polar surface area (TPSA) is 78.4 Å². The second-order valence-electron chi connectivity index (χ2n) is 7.41. The van der Waals surface area contributed by atoms with E-state index < -0.39 is 27.9 Å². The predicted molar refractivity (Wildman–Crippen MR) is 107 cm³/mol. The lowest BCUT2D eigenvalue weighted by atomic mass is 9.99. The summed E-state index contributed by atoms with van der Waals surface area (Å²) in [5, 5.41) is 13.3. The summed E-state index contributed by atoms with van der Waals surface area (Å²) in [4.78, 5) is 0. The number of rotatable bonds is 6. The lowest BCUT2D eigenvalue weighted by molar-refractivity contribution is 0.192. The highest BCUT2D eigenvalue weighted by Gasteiger charge is 2.26. The van der Waals surface area contributed by atoms with Crippen LogP contribution in [0.2, 0.25) is 5.02 Å². The number of aliphatic hydroxyl groups excluding tert-OH is 1. The number of sulfonamides is 1. The van der Waals surface area contributed by atoms with Gasteiger partial charge in [0.25, 0.3) is 0 Å². The molecule has 0 fully saturated rings. The van der Waals surface area contributed by atoms with Gasteiger partial charge in [0.1, 0.15) is 5.82 Å². The third kappa shape index (κ3) is 4.03. The lowest BCUT2D eigenvalue weighted by Gasteiger charge is -2.21. The van der Waals surface area contributed by atoms with Gasteiger partial charge in [0, 0.05) is 5.69 Å². The highest BCUT2D eigenvalue weighted by Crippen LogP contribution is 2.38. The molecular weight excluding hydrogens is 403 g/mol. The normalized spacial score (nSPS) is 16.7. The molecular formula is C20H22ClFN2O3S. The molecule has 4 rings (SSSR count). The quantitative estimate of drug-likeness (QED) is 0.622. The van der Waals surface area contributed by atoms with E-state index in [4.69, 9.17) is 11.6 Å². The lowest BCUT2D eigenvalue weighted by Crippen LogP contribution is -2.41. The minimum atomic E-state index is -3.88. The van der Waals surface area contributed by atoms with Crippen LogP contribution in [0.15, 0.2) is 24.3 Å². The van der Waals surface area contributed by atoms with Crippen LogP contribution < -0.4 is 10.0 Å². The van der Waals surface area contributed by atoms with Gasteiger partial charge in [-0.05, 0) is 78.5 Å². The molecule has 0 radical (unpaired) electrons. The van der Waals surface area contributed by atoms with E-state index in [1.807, 2.05) is 0 Å². The number of hydrogen-bond acceptors (Lipinski definition) is 4. The van der Waals surface area contributed by atoms with Gasteiger partial charge in [0.15, 0.2) is 6.35 Å². The SMILES string of the molecule is O=S(=O)(Cc1ccc(Cl)c(F)c1)NC(O)Nc1c2c(cc3c1CCC3)CCC2. The second kappa shape index (κ2) is 7.63. The molecule has 0 amide bonds. The number of hydrogen-bond donors (Lipinski definition) is 3.